The van der Waals surface area contributed by atoms with Crippen LogP contribution in [-0.2, 0) is 0 Å². The zero-order valence-electron chi connectivity index (χ0n) is 9.16. The van der Waals surface area contributed by atoms with Crippen molar-refractivity contribution in [1.82, 2.24) is 10.3 Å². The van der Waals surface area contributed by atoms with Gasteiger partial charge < -0.3 is 5.32 Å². The molecule has 1 heterocycles. The van der Waals surface area contributed by atoms with Crippen LogP contribution in [0.25, 0.3) is 0 Å². The molecule has 0 aliphatic rings. The van der Waals surface area contributed by atoms with Crippen LogP contribution in [0.3, 0.4) is 0 Å². The van der Waals surface area contributed by atoms with Crippen molar-refractivity contribution in [3.05, 3.63) is 29.6 Å². The van der Waals surface area contributed by atoms with Crippen LogP contribution in [0.5, 0.6) is 0 Å². The predicted molar refractivity (Wildman–Crippen MR) is 59.4 cm³/mol. The minimum absolute atomic E-state index is 0.200. The van der Waals surface area contributed by atoms with Gasteiger partial charge in [0.1, 0.15) is 0 Å². The third-order valence-electron chi connectivity index (χ3n) is 1.92. The largest absolute Gasteiger partial charge is 0.336 e. The van der Waals surface area contributed by atoms with Crippen molar-refractivity contribution >= 4 is 5.91 Å². The van der Waals surface area contributed by atoms with Crippen molar-refractivity contribution in [2.45, 2.75) is 26.3 Å². The molecule has 78 valence electrons. The molecule has 1 aromatic rings. The fourth-order valence-corrected chi connectivity index (χ4v) is 1.07. The first kappa shape index (κ1) is 11.3. The number of rotatable bonds is 2. The van der Waals surface area contributed by atoms with Crippen LogP contribution in [0.1, 0.15) is 29.8 Å². The Labute approximate surface area is 89.9 Å². The van der Waals surface area contributed by atoms with Gasteiger partial charge >= 0.3 is 0 Å². The second kappa shape index (κ2) is 4.14. The number of amides is 1. The standard InChI is InChI=1S/C12H14N2O/c1-5-12(3,4)14-11(15)10-6-9(2)7-13-8-10/h1,6-8H,2-4H3,(H,14,15). The van der Waals surface area contributed by atoms with E-state index >= 15 is 0 Å². The highest BCUT2D eigenvalue weighted by atomic mass is 16.1. The number of nitrogens with one attached hydrogen (secondary N) is 1. The molecule has 0 saturated heterocycles. The molecule has 1 N–H and O–H groups in total. The molecule has 15 heavy (non-hydrogen) atoms. The van der Waals surface area contributed by atoms with Crippen LogP contribution < -0.4 is 5.32 Å². The highest BCUT2D eigenvalue weighted by molar-refractivity contribution is 5.94. The lowest BCUT2D eigenvalue weighted by atomic mass is 10.1. The lowest BCUT2D eigenvalue weighted by Gasteiger charge is -2.19. The highest BCUT2D eigenvalue weighted by Gasteiger charge is 2.17. The molecule has 3 heteroatoms. The molecule has 0 aliphatic heterocycles. The molecule has 0 spiro atoms. The first-order valence-corrected chi connectivity index (χ1v) is 4.66. The average molecular weight is 202 g/mol. The van der Waals surface area contributed by atoms with E-state index in [9.17, 15) is 4.79 Å². The number of nitrogens with zero attached hydrogens (tertiary/aromatic N) is 1. The molecule has 0 bridgehead atoms. The van der Waals surface area contributed by atoms with Gasteiger partial charge in [0, 0.05) is 12.4 Å². The summed E-state index contributed by atoms with van der Waals surface area (Å²) in [6.45, 7) is 5.43. The van der Waals surface area contributed by atoms with E-state index in [1.165, 1.54) is 6.20 Å². The molecule has 1 aromatic heterocycles. The second-order valence-corrected chi connectivity index (χ2v) is 3.97. The summed E-state index contributed by atoms with van der Waals surface area (Å²) in [7, 11) is 0. The molecule has 0 aromatic carbocycles. The minimum Gasteiger partial charge on any atom is -0.336 e. The van der Waals surface area contributed by atoms with Crippen molar-refractivity contribution in [3.8, 4) is 12.3 Å². The smallest absolute Gasteiger partial charge is 0.254 e. The summed E-state index contributed by atoms with van der Waals surface area (Å²) in [6.07, 6.45) is 8.50. The average Bonchev–Trinajstić information content (AvgIpc) is 2.17. The van der Waals surface area contributed by atoms with E-state index in [4.69, 9.17) is 6.42 Å². The summed E-state index contributed by atoms with van der Waals surface area (Å²) >= 11 is 0. The van der Waals surface area contributed by atoms with E-state index < -0.39 is 5.54 Å². The second-order valence-electron chi connectivity index (χ2n) is 3.97. The van der Waals surface area contributed by atoms with Crippen molar-refractivity contribution in [3.63, 3.8) is 0 Å². The Bertz CT molecular complexity index is 416. The van der Waals surface area contributed by atoms with Crippen molar-refractivity contribution in [2.24, 2.45) is 0 Å². The molecule has 3 nitrogen and oxygen atoms in total. The number of terminal acetylenes is 1. The maximum Gasteiger partial charge on any atom is 0.254 e. The summed E-state index contributed by atoms with van der Waals surface area (Å²) in [6, 6.07) is 1.77. The molecule has 0 aliphatic carbocycles. The van der Waals surface area contributed by atoms with Gasteiger partial charge in [-0.15, -0.1) is 6.42 Å². The first-order chi connectivity index (χ1) is 6.94. The third kappa shape index (κ3) is 3.10. The number of carbonyl (C=O) groups excluding carboxylic acids is 1. The van der Waals surface area contributed by atoms with Gasteiger partial charge in [0.2, 0.25) is 0 Å². The summed E-state index contributed by atoms with van der Waals surface area (Å²) in [5, 5.41) is 2.73. The topological polar surface area (TPSA) is 42.0 Å². The molecule has 0 unspecified atom stereocenters. The number of hydrogen-bond donors (Lipinski definition) is 1. The van der Waals surface area contributed by atoms with Gasteiger partial charge in [0.25, 0.3) is 5.91 Å². The fourth-order valence-electron chi connectivity index (χ4n) is 1.07. The Morgan fingerprint density at radius 3 is 2.73 bits per heavy atom. The molecule has 0 atom stereocenters. The van der Waals surface area contributed by atoms with Crippen LogP contribution in [0.15, 0.2) is 18.5 Å². The number of aromatic nitrogens is 1. The Morgan fingerprint density at radius 2 is 2.20 bits per heavy atom. The number of carbonyl (C=O) groups is 1. The van der Waals surface area contributed by atoms with Crippen LogP contribution in [0.2, 0.25) is 0 Å². The Hall–Kier alpha value is -1.82. The molecular formula is C12H14N2O. The van der Waals surface area contributed by atoms with Gasteiger partial charge in [-0.1, -0.05) is 5.92 Å². The van der Waals surface area contributed by atoms with E-state index in [1.807, 2.05) is 6.92 Å². The predicted octanol–water partition coefficient (Wildman–Crippen LogP) is 1.53. The molecule has 0 fully saturated rings. The molecule has 1 rings (SSSR count). The van der Waals surface area contributed by atoms with E-state index in [-0.39, 0.29) is 5.91 Å². The van der Waals surface area contributed by atoms with Crippen LogP contribution in [0.4, 0.5) is 0 Å². The summed E-state index contributed by atoms with van der Waals surface area (Å²) < 4.78 is 0. The van der Waals surface area contributed by atoms with Crippen molar-refractivity contribution < 1.29 is 4.79 Å². The number of pyridine rings is 1. The van der Waals surface area contributed by atoms with Gasteiger partial charge in [-0.3, -0.25) is 9.78 Å². The van der Waals surface area contributed by atoms with Crippen molar-refractivity contribution in [1.29, 1.82) is 0 Å². The zero-order chi connectivity index (χ0) is 11.5. The van der Waals surface area contributed by atoms with Gasteiger partial charge in [-0.25, -0.2) is 0 Å². The van der Waals surface area contributed by atoms with Crippen molar-refractivity contribution in [2.75, 3.05) is 0 Å². The fraction of sp³-hybridized carbons (Fsp3) is 0.333. The van der Waals surface area contributed by atoms with Gasteiger partial charge in [0.05, 0.1) is 11.1 Å². The van der Waals surface area contributed by atoms with Gasteiger partial charge in [0.15, 0.2) is 0 Å². The van der Waals surface area contributed by atoms with E-state index in [0.29, 0.717) is 5.56 Å². The van der Waals surface area contributed by atoms with Gasteiger partial charge in [-0.2, -0.15) is 0 Å². The van der Waals surface area contributed by atoms with E-state index in [1.54, 1.807) is 26.1 Å². The summed E-state index contributed by atoms with van der Waals surface area (Å²) in [5.74, 6) is 2.30. The minimum atomic E-state index is -0.638. The quantitative estimate of drug-likeness (QED) is 0.739. The maximum atomic E-state index is 11.7. The molecule has 0 saturated carbocycles. The Balaban J connectivity index is 2.84. The maximum absolute atomic E-state index is 11.7. The molecule has 0 radical (unpaired) electrons. The zero-order valence-corrected chi connectivity index (χ0v) is 9.16. The van der Waals surface area contributed by atoms with Crippen LogP contribution >= 0.6 is 0 Å². The van der Waals surface area contributed by atoms with E-state index in [2.05, 4.69) is 16.2 Å². The SMILES string of the molecule is C#CC(C)(C)NC(=O)c1cncc(C)c1. The lowest BCUT2D eigenvalue weighted by Crippen LogP contribution is -2.42. The monoisotopic (exact) mass is 202 g/mol. The molecule has 1 amide bonds. The van der Waals surface area contributed by atoms with Crippen LogP contribution in [0, 0.1) is 19.3 Å². The summed E-state index contributed by atoms with van der Waals surface area (Å²) in [5.41, 5.74) is 0.834. The normalized spacial score (nSPS) is 10.5. The lowest BCUT2D eigenvalue weighted by molar-refractivity contribution is 0.0929. The number of aryl methyl sites for hydroxylation is 1. The Kier molecular flexibility index (Phi) is 3.11. The van der Waals surface area contributed by atoms with E-state index in [0.717, 1.165) is 5.56 Å². The van der Waals surface area contributed by atoms with Crippen LogP contribution in [-0.4, -0.2) is 16.4 Å². The molecular weight excluding hydrogens is 188 g/mol. The Morgan fingerprint density at radius 1 is 1.53 bits per heavy atom. The van der Waals surface area contributed by atoms with Gasteiger partial charge in [-0.05, 0) is 32.4 Å². The summed E-state index contributed by atoms with van der Waals surface area (Å²) in [4.78, 5) is 15.7. The number of hydrogen-bond acceptors (Lipinski definition) is 2. The first-order valence-electron chi connectivity index (χ1n) is 4.66. The third-order valence-corrected chi connectivity index (χ3v) is 1.92. The highest BCUT2D eigenvalue weighted by Crippen LogP contribution is 2.05.